The Bertz CT molecular complexity index is 533. The molecular weight excluding hydrogens is 296 g/mol. The Kier molecular flexibility index (Phi) is 5.07. The lowest BCUT2D eigenvalue weighted by Gasteiger charge is -2.34. The van der Waals surface area contributed by atoms with Crippen LogP contribution in [0.25, 0.3) is 0 Å². The molecule has 0 unspecified atom stereocenters. The third kappa shape index (κ3) is 4.39. The van der Waals surface area contributed by atoms with E-state index in [0.29, 0.717) is 31.3 Å². The van der Waals surface area contributed by atoms with Crippen LogP contribution in [-0.4, -0.2) is 79.0 Å². The number of nitrogens with zero attached hydrogens (tertiary/aromatic N) is 4. The van der Waals surface area contributed by atoms with Crippen LogP contribution in [-0.2, 0) is 4.74 Å². The van der Waals surface area contributed by atoms with Gasteiger partial charge >= 0.3 is 0 Å². The number of hydrogen-bond donors (Lipinski definition) is 0. The van der Waals surface area contributed by atoms with E-state index >= 15 is 0 Å². The lowest BCUT2D eigenvalue weighted by molar-refractivity contribution is -0.0335. The summed E-state index contributed by atoms with van der Waals surface area (Å²) in [6.45, 7) is 3.74. The van der Waals surface area contributed by atoms with Gasteiger partial charge in [0.25, 0.3) is 5.91 Å². The number of amides is 1. The minimum atomic E-state index is -0.0988. The smallest absolute Gasteiger partial charge is 0.274 e. The van der Waals surface area contributed by atoms with E-state index in [4.69, 9.17) is 9.47 Å². The lowest BCUT2D eigenvalue weighted by atomic mass is 10.2. The van der Waals surface area contributed by atoms with Gasteiger partial charge in [-0.1, -0.05) is 0 Å². The van der Waals surface area contributed by atoms with Crippen molar-refractivity contribution in [3.05, 3.63) is 17.8 Å². The number of rotatable bonds is 6. The van der Waals surface area contributed by atoms with Crippen LogP contribution < -0.4 is 4.74 Å². The van der Waals surface area contributed by atoms with Gasteiger partial charge < -0.3 is 19.3 Å². The predicted octanol–water partition coefficient (Wildman–Crippen LogP) is 0.668. The number of methoxy groups -OCH3 is 1. The molecule has 2 aliphatic rings. The Morgan fingerprint density at radius 3 is 2.87 bits per heavy atom. The van der Waals surface area contributed by atoms with Gasteiger partial charge in [0.05, 0.1) is 19.8 Å². The highest BCUT2D eigenvalue weighted by atomic mass is 16.5. The first-order valence-corrected chi connectivity index (χ1v) is 8.13. The van der Waals surface area contributed by atoms with E-state index in [1.54, 1.807) is 17.0 Å². The monoisotopic (exact) mass is 320 g/mol. The number of likely N-dealkylation sites (N-methyl/N-ethyl adjacent to an activating group) is 1. The number of ether oxygens (including phenoxy) is 2. The van der Waals surface area contributed by atoms with Gasteiger partial charge in [-0.25, -0.2) is 0 Å². The average Bonchev–Trinajstić information content (AvgIpc) is 3.38. The highest BCUT2D eigenvalue weighted by molar-refractivity contribution is 5.92. The number of aromatic nitrogens is 2. The predicted molar refractivity (Wildman–Crippen MR) is 84.4 cm³/mol. The maximum absolute atomic E-state index is 12.5. The SMILES string of the molecule is COc1ccc(C(=O)N2CCO[C@@H](CN(C)CC3CC3)C2)nn1. The number of carbonyl (C=O) groups is 1. The number of hydrogen-bond acceptors (Lipinski definition) is 6. The molecule has 0 aromatic carbocycles. The molecule has 1 aliphatic carbocycles. The quantitative estimate of drug-likeness (QED) is 0.767. The van der Waals surface area contributed by atoms with E-state index in [-0.39, 0.29) is 12.0 Å². The first-order chi connectivity index (χ1) is 11.2. The second-order valence-electron chi connectivity index (χ2n) is 6.37. The molecule has 2 fully saturated rings. The topological polar surface area (TPSA) is 67.8 Å². The van der Waals surface area contributed by atoms with Gasteiger partial charge in [-0.2, -0.15) is 0 Å². The molecule has 0 N–H and O–H groups in total. The Labute approximate surface area is 136 Å². The molecule has 1 aromatic rings. The molecule has 126 valence electrons. The molecular formula is C16H24N4O3. The number of morpholine rings is 1. The van der Waals surface area contributed by atoms with Crippen molar-refractivity contribution in [2.24, 2.45) is 5.92 Å². The fourth-order valence-electron chi connectivity index (χ4n) is 2.88. The van der Waals surface area contributed by atoms with E-state index in [1.165, 1.54) is 20.0 Å². The van der Waals surface area contributed by atoms with Gasteiger partial charge in [-0.15, -0.1) is 10.2 Å². The standard InChI is InChI=1S/C16H24N4O3/c1-19(9-12-3-4-12)10-13-11-20(7-8-23-13)16(21)14-5-6-15(22-2)18-17-14/h5-6,12-13H,3-4,7-11H2,1-2H3/t13-/m0/s1. The average molecular weight is 320 g/mol. The highest BCUT2D eigenvalue weighted by Crippen LogP contribution is 2.29. The Balaban J connectivity index is 1.54. The molecule has 3 rings (SSSR count). The summed E-state index contributed by atoms with van der Waals surface area (Å²) in [6, 6.07) is 3.30. The van der Waals surface area contributed by atoms with Crippen LogP contribution in [0.4, 0.5) is 0 Å². The lowest BCUT2D eigenvalue weighted by Crippen LogP contribution is -2.49. The van der Waals surface area contributed by atoms with Gasteiger partial charge in [0.2, 0.25) is 5.88 Å². The normalized spacial score (nSPS) is 21.5. The van der Waals surface area contributed by atoms with Crippen molar-refractivity contribution in [2.45, 2.75) is 18.9 Å². The molecule has 1 amide bonds. The van der Waals surface area contributed by atoms with Crippen LogP contribution in [0.15, 0.2) is 12.1 Å². The van der Waals surface area contributed by atoms with Crippen molar-refractivity contribution in [2.75, 3.05) is 46.9 Å². The highest BCUT2D eigenvalue weighted by Gasteiger charge is 2.28. The molecule has 1 aromatic heterocycles. The summed E-state index contributed by atoms with van der Waals surface area (Å²) in [5.74, 6) is 1.16. The van der Waals surface area contributed by atoms with Crippen LogP contribution in [0, 0.1) is 5.92 Å². The van der Waals surface area contributed by atoms with Gasteiger partial charge in [0.1, 0.15) is 0 Å². The second-order valence-corrected chi connectivity index (χ2v) is 6.37. The second kappa shape index (κ2) is 7.23. The minimum Gasteiger partial charge on any atom is -0.480 e. The van der Waals surface area contributed by atoms with Crippen LogP contribution in [0.3, 0.4) is 0 Å². The maximum Gasteiger partial charge on any atom is 0.274 e. The molecule has 0 bridgehead atoms. The maximum atomic E-state index is 12.5. The molecule has 23 heavy (non-hydrogen) atoms. The summed E-state index contributed by atoms with van der Waals surface area (Å²) in [6.07, 6.45) is 2.75. The van der Waals surface area contributed by atoms with E-state index in [0.717, 1.165) is 19.0 Å². The molecule has 1 saturated heterocycles. The zero-order valence-electron chi connectivity index (χ0n) is 13.8. The van der Waals surface area contributed by atoms with Gasteiger partial charge in [-0.3, -0.25) is 4.79 Å². The van der Waals surface area contributed by atoms with Crippen molar-refractivity contribution >= 4 is 5.91 Å². The summed E-state index contributed by atoms with van der Waals surface area (Å²) in [7, 11) is 3.65. The van der Waals surface area contributed by atoms with Crippen molar-refractivity contribution in [3.8, 4) is 5.88 Å². The van der Waals surface area contributed by atoms with Gasteiger partial charge in [0, 0.05) is 32.2 Å². The Morgan fingerprint density at radius 2 is 2.22 bits per heavy atom. The van der Waals surface area contributed by atoms with E-state index < -0.39 is 0 Å². The molecule has 1 atom stereocenters. The zero-order valence-corrected chi connectivity index (χ0v) is 13.8. The molecule has 1 saturated carbocycles. The minimum absolute atomic E-state index is 0.0580. The molecule has 1 aliphatic heterocycles. The Hall–Kier alpha value is -1.73. The molecule has 7 nitrogen and oxygen atoms in total. The van der Waals surface area contributed by atoms with E-state index in [2.05, 4.69) is 22.1 Å². The Morgan fingerprint density at radius 1 is 1.39 bits per heavy atom. The van der Waals surface area contributed by atoms with Crippen LogP contribution in [0.1, 0.15) is 23.3 Å². The van der Waals surface area contributed by atoms with Crippen LogP contribution in [0.5, 0.6) is 5.88 Å². The third-order valence-electron chi connectivity index (χ3n) is 4.28. The third-order valence-corrected chi connectivity index (χ3v) is 4.28. The van der Waals surface area contributed by atoms with Crippen molar-refractivity contribution in [1.29, 1.82) is 0 Å². The van der Waals surface area contributed by atoms with E-state index in [1.807, 2.05) is 0 Å². The summed E-state index contributed by atoms with van der Waals surface area (Å²) in [5, 5.41) is 7.80. The first kappa shape index (κ1) is 16.1. The van der Waals surface area contributed by atoms with Gasteiger partial charge in [-0.05, 0) is 31.9 Å². The first-order valence-electron chi connectivity index (χ1n) is 8.13. The van der Waals surface area contributed by atoms with Crippen LogP contribution >= 0.6 is 0 Å². The van der Waals surface area contributed by atoms with Gasteiger partial charge in [0.15, 0.2) is 5.69 Å². The summed E-state index contributed by atoms with van der Waals surface area (Å²) < 4.78 is 10.8. The molecule has 0 spiro atoms. The summed E-state index contributed by atoms with van der Waals surface area (Å²) in [4.78, 5) is 16.6. The summed E-state index contributed by atoms with van der Waals surface area (Å²) >= 11 is 0. The van der Waals surface area contributed by atoms with E-state index in [9.17, 15) is 4.79 Å². The summed E-state index contributed by atoms with van der Waals surface area (Å²) in [5.41, 5.74) is 0.345. The molecule has 0 radical (unpaired) electrons. The van der Waals surface area contributed by atoms with Crippen molar-refractivity contribution in [1.82, 2.24) is 20.0 Å². The van der Waals surface area contributed by atoms with Crippen molar-refractivity contribution < 1.29 is 14.3 Å². The molecule has 7 heteroatoms. The zero-order chi connectivity index (χ0) is 16.2. The fraction of sp³-hybridized carbons (Fsp3) is 0.688. The van der Waals surface area contributed by atoms with Crippen molar-refractivity contribution in [3.63, 3.8) is 0 Å². The fourth-order valence-corrected chi connectivity index (χ4v) is 2.88. The molecule has 2 heterocycles. The van der Waals surface area contributed by atoms with Crippen LogP contribution in [0.2, 0.25) is 0 Å². The largest absolute Gasteiger partial charge is 0.480 e. The number of carbonyl (C=O) groups excluding carboxylic acids is 1.